The lowest BCUT2D eigenvalue weighted by Gasteiger charge is -2.33. The molecule has 0 radical (unpaired) electrons. The van der Waals surface area contributed by atoms with Gasteiger partial charge in [0.25, 0.3) is 0 Å². The van der Waals surface area contributed by atoms with Gasteiger partial charge in [-0.15, -0.1) is 0 Å². The molecular weight excluding hydrogens is 337 g/mol. The summed E-state index contributed by atoms with van der Waals surface area (Å²) in [6.07, 6.45) is 5.99. The van der Waals surface area contributed by atoms with Crippen molar-refractivity contribution >= 4 is 28.5 Å². The molecule has 0 bridgehead atoms. The summed E-state index contributed by atoms with van der Waals surface area (Å²) in [5.74, 6) is 0.379. The van der Waals surface area contributed by atoms with Gasteiger partial charge in [-0.05, 0) is 37.5 Å². The number of carbonyl (C=O) groups excluding carboxylic acids is 1. The molecule has 136 valence electrons. The average Bonchev–Trinajstić information content (AvgIpc) is 2.93. The smallest absolute Gasteiger partial charge is 0.225 e. The number of hydrogen-bond donors (Lipinski definition) is 0. The zero-order valence-corrected chi connectivity index (χ0v) is 16.0. The second kappa shape index (κ2) is 7.77. The first-order valence-electron chi connectivity index (χ1n) is 8.96. The normalized spacial score (nSPS) is 23.3. The fourth-order valence-corrected chi connectivity index (χ4v) is 4.75. The third-order valence-corrected chi connectivity index (χ3v) is 6.17. The predicted molar refractivity (Wildman–Crippen MR) is 103 cm³/mol. The molecule has 4 nitrogen and oxygen atoms in total. The van der Waals surface area contributed by atoms with Crippen LogP contribution in [0.25, 0.3) is 0 Å². The maximum absolute atomic E-state index is 14.0. The van der Waals surface area contributed by atoms with E-state index >= 15 is 0 Å². The molecule has 1 aromatic carbocycles. The SMILES string of the molecule is CC(=O)N(c1ccc(C)c(F)c1)C1CSC(=NC2CCCCC2)N1C. The molecule has 2 aliphatic rings. The van der Waals surface area contributed by atoms with Crippen LogP contribution < -0.4 is 4.90 Å². The molecule has 1 aromatic rings. The summed E-state index contributed by atoms with van der Waals surface area (Å²) in [6.45, 7) is 3.26. The maximum atomic E-state index is 14.0. The van der Waals surface area contributed by atoms with E-state index < -0.39 is 0 Å². The van der Waals surface area contributed by atoms with Crippen molar-refractivity contribution in [3.05, 3.63) is 29.6 Å². The number of halogens is 1. The monoisotopic (exact) mass is 363 g/mol. The third kappa shape index (κ3) is 4.00. The number of aliphatic imine (C=N–C) groups is 1. The number of nitrogens with zero attached hydrogens (tertiary/aromatic N) is 3. The van der Waals surface area contributed by atoms with Crippen LogP contribution in [0.4, 0.5) is 10.1 Å². The number of rotatable bonds is 3. The second-order valence-corrected chi connectivity index (χ2v) is 7.92. The van der Waals surface area contributed by atoms with E-state index in [9.17, 15) is 9.18 Å². The lowest BCUT2D eigenvalue weighted by atomic mass is 9.96. The first-order chi connectivity index (χ1) is 12.0. The molecule has 3 rings (SSSR count). The van der Waals surface area contributed by atoms with Crippen molar-refractivity contribution < 1.29 is 9.18 Å². The summed E-state index contributed by atoms with van der Waals surface area (Å²) in [5.41, 5.74) is 1.19. The molecule has 0 aromatic heterocycles. The van der Waals surface area contributed by atoms with Crippen molar-refractivity contribution in [1.29, 1.82) is 0 Å². The Balaban J connectivity index is 1.81. The number of carbonyl (C=O) groups is 1. The number of thioether (sulfide) groups is 1. The quantitative estimate of drug-likeness (QED) is 0.808. The van der Waals surface area contributed by atoms with E-state index in [4.69, 9.17) is 4.99 Å². The minimum Gasteiger partial charge on any atom is -0.333 e. The van der Waals surface area contributed by atoms with Crippen LogP contribution in [0.15, 0.2) is 23.2 Å². The van der Waals surface area contributed by atoms with Gasteiger partial charge in [0.2, 0.25) is 5.91 Å². The molecule has 25 heavy (non-hydrogen) atoms. The molecule has 1 aliphatic carbocycles. The largest absolute Gasteiger partial charge is 0.333 e. The van der Waals surface area contributed by atoms with Crippen LogP contribution in [0, 0.1) is 12.7 Å². The van der Waals surface area contributed by atoms with Gasteiger partial charge in [-0.1, -0.05) is 37.1 Å². The molecule has 1 saturated heterocycles. The van der Waals surface area contributed by atoms with Crippen LogP contribution in [0.2, 0.25) is 0 Å². The Bertz CT molecular complexity index is 673. The maximum Gasteiger partial charge on any atom is 0.225 e. The van der Waals surface area contributed by atoms with Crippen molar-refractivity contribution in [2.45, 2.75) is 58.2 Å². The van der Waals surface area contributed by atoms with Gasteiger partial charge in [0.15, 0.2) is 5.17 Å². The highest BCUT2D eigenvalue weighted by atomic mass is 32.2. The van der Waals surface area contributed by atoms with Crippen LogP contribution in [0.5, 0.6) is 0 Å². The van der Waals surface area contributed by atoms with Gasteiger partial charge >= 0.3 is 0 Å². The molecule has 1 aliphatic heterocycles. The van der Waals surface area contributed by atoms with Gasteiger partial charge in [-0.2, -0.15) is 0 Å². The molecule has 0 N–H and O–H groups in total. The van der Waals surface area contributed by atoms with Crippen molar-refractivity contribution in [2.75, 3.05) is 17.7 Å². The highest BCUT2D eigenvalue weighted by Gasteiger charge is 2.35. The standard InChI is InChI=1S/C19H26FN3OS/c1-13-9-10-16(11-17(13)20)23(14(2)24)18-12-25-19(22(18)3)21-15-7-5-4-6-8-15/h9-11,15,18H,4-8,12H2,1-3H3. The van der Waals surface area contributed by atoms with Gasteiger partial charge in [0, 0.05) is 25.4 Å². The zero-order chi connectivity index (χ0) is 18.0. The molecule has 0 spiro atoms. The Morgan fingerprint density at radius 2 is 2.04 bits per heavy atom. The lowest BCUT2D eigenvalue weighted by molar-refractivity contribution is -0.117. The third-order valence-electron chi connectivity index (χ3n) is 5.05. The van der Waals surface area contributed by atoms with Crippen molar-refractivity contribution in [1.82, 2.24) is 4.90 Å². The van der Waals surface area contributed by atoms with Crippen molar-refractivity contribution in [3.63, 3.8) is 0 Å². The molecule has 1 heterocycles. The van der Waals surface area contributed by atoms with Crippen LogP contribution in [-0.2, 0) is 4.79 Å². The zero-order valence-electron chi connectivity index (χ0n) is 15.2. The minimum absolute atomic E-state index is 0.0837. The van der Waals surface area contributed by atoms with E-state index in [1.165, 1.54) is 32.3 Å². The van der Waals surface area contributed by atoms with E-state index in [1.807, 2.05) is 13.1 Å². The van der Waals surface area contributed by atoms with Gasteiger partial charge in [0.1, 0.15) is 12.0 Å². The molecular formula is C19H26FN3OS. The van der Waals surface area contributed by atoms with Gasteiger partial charge in [0.05, 0.1) is 6.04 Å². The van der Waals surface area contributed by atoms with E-state index in [0.717, 1.165) is 23.8 Å². The Hall–Kier alpha value is -1.56. The highest BCUT2D eigenvalue weighted by molar-refractivity contribution is 8.14. The Labute approximate surface area is 153 Å². The minimum atomic E-state index is -0.284. The number of aryl methyl sites for hydroxylation is 1. The molecule has 1 saturated carbocycles. The summed E-state index contributed by atoms with van der Waals surface area (Å²) < 4.78 is 14.0. The number of amidine groups is 1. The number of hydrogen-bond acceptors (Lipinski definition) is 3. The summed E-state index contributed by atoms with van der Waals surface area (Å²) in [4.78, 5) is 21.0. The molecule has 2 fully saturated rings. The van der Waals surface area contributed by atoms with Crippen LogP contribution in [0.3, 0.4) is 0 Å². The van der Waals surface area contributed by atoms with Crippen LogP contribution >= 0.6 is 11.8 Å². The first kappa shape index (κ1) is 18.2. The summed E-state index contributed by atoms with van der Waals surface area (Å²) in [6, 6.07) is 5.39. The number of anilines is 1. The van der Waals surface area contributed by atoms with Crippen LogP contribution in [-0.4, -0.2) is 41.0 Å². The molecule has 6 heteroatoms. The van der Waals surface area contributed by atoms with Gasteiger partial charge < -0.3 is 4.90 Å². The van der Waals surface area contributed by atoms with Crippen LogP contribution in [0.1, 0.15) is 44.6 Å². The summed E-state index contributed by atoms with van der Waals surface area (Å²) in [5, 5.41) is 0.996. The Morgan fingerprint density at radius 3 is 2.68 bits per heavy atom. The van der Waals surface area contributed by atoms with Crippen molar-refractivity contribution in [2.24, 2.45) is 4.99 Å². The van der Waals surface area contributed by atoms with Gasteiger partial charge in [-0.25, -0.2) is 4.39 Å². The summed E-state index contributed by atoms with van der Waals surface area (Å²) >= 11 is 1.69. The summed E-state index contributed by atoms with van der Waals surface area (Å²) in [7, 11) is 1.98. The van der Waals surface area contributed by atoms with E-state index in [0.29, 0.717) is 17.3 Å². The first-order valence-corrected chi connectivity index (χ1v) is 9.95. The topological polar surface area (TPSA) is 35.9 Å². The fraction of sp³-hybridized carbons (Fsp3) is 0.579. The Morgan fingerprint density at radius 1 is 1.32 bits per heavy atom. The van der Waals surface area contributed by atoms with Crippen molar-refractivity contribution in [3.8, 4) is 0 Å². The Kier molecular flexibility index (Phi) is 5.67. The average molecular weight is 364 g/mol. The predicted octanol–water partition coefficient (Wildman–Crippen LogP) is 4.18. The number of benzene rings is 1. The van der Waals surface area contributed by atoms with E-state index in [-0.39, 0.29) is 17.9 Å². The highest BCUT2D eigenvalue weighted by Crippen LogP contribution is 2.31. The number of amides is 1. The van der Waals surface area contributed by atoms with Gasteiger partial charge in [-0.3, -0.25) is 14.7 Å². The second-order valence-electron chi connectivity index (χ2n) is 6.93. The van der Waals surface area contributed by atoms with E-state index in [2.05, 4.69) is 4.90 Å². The lowest BCUT2D eigenvalue weighted by Crippen LogP contribution is -2.48. The molecule has 1 atom stereocenters. The molecule has 1 unspecified atom stereocenters. The fourth-order valence-electron chi connectivity index (χ4n) is 3.53. The molecule has 1 amide bonds. The van der Waals surface area contributed by atoms with E-state index in [1.54, 1.807) is 29.7 Å².